The Morgan fingerprint density at radius 3 is 2.67 bits per heavy atom. The number of likely N-dealkylation sites (tertiary alicyclic amines) is 1. The quantitative estimate of drug-likeness (QED) is 0.861. The van der Waals surface area contributed by atoms with Crippen LogP contribution in [0.2, 0.25) is 0 Å². The molecule has 27 heavy (non-hydrogen) atoms. The molecule has 0 radical (unpaired) electrons. The number of aromatic nitrogens is 2. The Hall–Kier alpha value is -1.69. The largest absolute Gasteiger partial charge is 0.356 e. The van der Waals surface area contributed by atoms with Crippen molar-refractivity contribution in [3.63, 3.8) is 0 Å². The van der Waals surface area contributed by atoms with Gasteiger partial charge in [0, 0.05) is 43.5 Å². The van der Waals surface area contributed by atoms with Gasteiger partial charge in [-0.25, -0.2) is 9.97 Å². The minimum atomic E-state index is 0.189. The maximum atomic E-state index is 12.5. The summed E-state index contributed by atoms with van der Waals surface area (Å²) in [5, 5.41) is 3.21. The van der Waals surface area contributed by atoms with Crippen molar-refractivity contribution in [1.29, 1.82) is 0 Å². The van der Waals surface area contributed by atoms with Crippen LogP contribution >= 0.6 is 0 Å². The van der Waals surface area contributed by atoms with Crippen LogP contribution in [-0.2, 0) is 11.2 Å². The van der Waals surface area contributed by atoms with E-state index in [-0.39, 0.29) is 5.92 Å². The molecule has 0 aromatic carbocycles. The molecule has 6 heteroatoms. The van der Waals surface area contributed by atoms with Gasteiger partial charge in [0.2, 0.25) is 5.91 Å². The molecule has 1 saturated carbocycles. The van der Waals surface area contributed by atoms with E-state index in [0.717, 1.165) is 69.9 Å². The second-order valence-corrected chi connectivity index (χ2v) is 8.45. The summed E-state index contributed by atoms with van der Waals surface area (Å²) in [6, 6.07) is 1.07. The number of hydrogen-bond donors (Lipinski definition) is 1. The predicted molar refractivity (Wildman–Crippen MR) is 107 cm³/mol. The predicted octanol–water partition coefficient (Wildman–Crippen LogP) is 2.31. The minimum Gasteiger partial charge on any atom is -0.356 e. The Labute approximate surface area is 162 Å². The third-order valence-corrected chi connectivity index (χ3v) is 6.37. The first-order valence-electron chi connectivity index (χ1n) is 10.8. The fourth-order valence-corrected chi connectivity index (χ4v) is 4.55. The van der Waals surface area contributed by atoms with E-state index in [0.29, 0.717) is 18.0 Å². The van der Waals surface area contributed by atoms with Crippen molar-refractivity contribution in [2.24, 2.45) is 5.92 Å². The lowest BCUT2D eigenvalue weighted by molar-refractivity contribution is -0.127. The van der Waals surface area contributed by atoms with Gasteiger partial charge < -0.3 is 10.2 Å². The molecule has 2 saturated heterocycles. The summed E-state index contributed by atoms with van der Waals surface area (Å²) >= 11 is 0. The van der Waals surface area contributed by atoms with Crippen LogP contribution in [0.4, 0.5) is 5.82 Å². The Morgan fingerprint density at radius 2 is 1.96 bits per heavy atom. The van der Waals surface area contributed by atoms with Crippen molar-refractivity contribution < 1.29 is 4.79 Å². The lowest BCUT2D eigenvalue weighted by Crippen LogP contribution is -2.51. The highest BCUT2D eigenvalue weighted by molar-refractivity contribution is 5.79. The number of piperidine rings is 2. The Morgan fingerprint density at radius 1 is 1.19 bits per heavy atom. The number of nitrogens with zero attached hydrogens (tertiary/aromatic N) is 4. The Balaban J connectivity index is 1.33. The molecule has 1 amide bonds. The number of carbonyl (C=O) groups excluding carboxylic acids is 1. The van der Waals surface area contributed by atoms with Gasteiger partial charge in [-0.15, -0.1) is 0 Å². The first kappa shape index (κ1) is 18.7. The maximum absolute atomic E-state index is 12.5. The third-order valence-electron chi connectivity index (χ3n) is 6.37. The summed E-state index contributed by atoms with van der Waals surface area (Å²) < 4.78 is 0. The van der Waals surface area contributed by atoms with Gasteiger partial charge in [-0.05, 0) is 58.4 Å². The molecular formula is C21H33N5O. The molecule has 3 heterocycles. The van der Waals surface area contributed by atoms with Gasteiger partial charge in [0.25, 0.3) is 0 Å². The van der Waals surface area contributed by atoms with Gasteiger partial charge in [-0.3, -0.25) is 9.69 Å². The van der Waals surface area contributed by atoms with E-state index in [1.807, 2.05) is 13.1 Å². The zero-order valence-corrected chi connectivity index (χ0v) is 16.8. The lowest BCUT2D eigenvalue weighted by Gasteiger charge is -2.42. The standard InChI is InChI=1S/C21H33N5O/c1-3-16-13-22-15(2)23-20(16)25-11-8-19(9-12-25)26-10-4-5-17(14-26)21(27)24-18-6-7-18/h13,17-19H,3-12,14H2,1-2H3,(H,24,27). The number of anilines is 1. The lowest BCUT2D eigenvalue weighted by atomic mass is 9.93. The molecule has 1 aromatic heterocycles. The van der Waals surface area contributed by atoms with Gasteiger partial charge in [0.1, 0.15) is 11.6 Å². The average Bonchev–Trinajstić information content (AvgIpc) is 3.52. The van der Waals surface area contributed by atoms with Crippen molar-refractivity contribution in [2.45, 2.75) is 70.9 Å². The van der Waals surface area contributed by atoms with Crippen LogP contribution in [-0.4, -0.2) is 59.0 Å². The topological polar surface area (TPSA) is 61.4 Å². The first-order chi connectivity index (χ1) is 13.1. The molecule has 1 aromatic rings. The fraction of sp³-hybridized carbons (Fsp3) is 0.762. The summed E-state index contributed by atoms with van der Waals surface area (Å²) in [6.45, 7) is 8.31. The summed E-state index contributed by atoms with van der Waals surface area (Å²) in [5.41, 5.74) is 1.24. The molecule has 148 valence electrons. The van der Waals surface area contributed by atoms with Crippen molar-refractivity contribution in [3.05, 3.63) is 17.6 Å². The minimum absolute atomic E-state index is 0.189. The molecule has 2 aliphatic heterocycles. The number of aryl methyl sites for hydroxylation is 2. The third kappa shape index (κ3) is 4.42. The summed E-state index contributed by atoms with van der Waals surface area (Å²) in [7, 11) is 0. The normalized spacial score (nSPS) is 24.8. The molecular weight excluding hydrogens is 338 g/mol. The number of amides is 1. The van der Waals surface area contributed by atoms with Crippen LogP contribution in [0.25, 0.3) is 0 Å². The Bertz CT molecular complexity index is 667. The van der Waals surface area contributed by atoms with E-state index in [2.05, 4.69) is 27.0 Å². The van der Waals surface area contributed by atoms with E-state index in [9.17, 15) is 4.79 Å². The van der Waals surface area contributed by atoms with Crippen LogP contribution in [0.3, 0.4) is 0 Å². The van der Waals surface area contributed by atoms with Crippen LogP contribution < -0.4 is 10.2 Å². The van der Waals surface area contributed by atoms with Gasteiger partial charge >= 0.3 is 0 Å². The number of nitrogens with one attached hydrogen (secondary N) is 1. The number of carbonyl (C=O) groups is 1. The van der Waals surface area contributed by atoms with E-state index in [1.165, 1.54) is 18.4 Å². The van der Waals surface area contributed by atoms with Crippen molar-refractivity contribution in [2.75, 3.05) is 31.1 Å². The Kier molecular flexibility index (Phi) is 5.62. The summed E-state index contributed by atoms with van der Waals surface area (Å²) in [4.78, 5) is 26.6. The van der Waals surface area contributed by atoms with Gasteiger partial charge in [-0.1, -0.05) is 6.92 Å². The van der Waals surface area contributed by atoms with Gasteiger partial charge in [0.05, 0.1) is 5.92 Å². The second kappa shape index (κ2) is 8.13. The maximum Gasteiger partial charge on any atom is 0.224 e. The molecule has 0 bridgehead atoms. The van der Waals surface area contributed by atoms with Crippen molar-refractivity contribution in [3.8, 4) is 0 Å². The molecule has 1 atom stereocenters. The van der Waals surface area contributed by atoms with Crippen LogP contribution in [0.1, 0.15) is 56.8 Å². The van der Waals surface area contributed by atoms with Crippen LogP contribution in [0.15, 0.2) is 6.20 Å². The van der Waals surface area contributed by atoms with Gasteiger partial charge in [-0.2, -0.15) is 0 Å². The van der Waals surface area contributed by atoms with E-state index in [1.54, 1.807) is 0 Å². The fourth-order valence-electron chi connectivity index (χ4n) is 4.55. The van der Waals surface area contributed by atoms with Crippen LogP contribution in [0, 0.1) is 12.8 Å². The van der Waals surface area contributed by atoms with Gasteiger partial charge in [0.15, 0.2) is 0 Å². The molecule has 3 aliphatic rings. The van der Waals surface area contributed by atoms with E-state index >= 15 is 0 Å². The van der Waals surface area contributed by atoms with E-state index in [4.69, 9.17) is 4.98 Å². The molecule has 6 nitrogen and oxygen atoms in total. The summed E-state index contributed by atoms with van der Waals surface area (Å²) in [6.07, 6.45) is 9.80. The molecule has 1 unspecified atom stereocenters. The van der Waals surface area contributed by atoms with Crippen molar-refractivity contribution >= 4 is 11.7 Å². The molecule has 1 aliphatic carbocycles. The highest BCUT2D eigenvalue weighted by Crippen LogP contribution is 2.28. The molecule has 3 fully saturated rings. The average molecular weight is 372 g/mol. The second-order valence-electron chi connectivity index (χ2n) is 8.45. The molecule has 0 spiro atoms. The smallest absolute Gasteiger partial charge is 0.224 e. The van der Waals surface area contributed by atoms with Crippen LogP contribution in [0.5, 0.6) is 0 Å². The SMILES string of the molecule is CCc1cnc(C)nc1N1CCC(N2CCCC(C(=O)NC3CC3)C2)CC1. The summed E-state index contributed by atoms with van der Waals surface area (Å²) in [5.74, 6) is 2.46. The van der Waals surface area contributed by atoms with Crippen molar-refractivity contribution in [1.82, 2.24) is 20.2 Å². The molecule has 1 N–H and O–H groups in total. The number of hydrogen-bond acceptors (Lipinski definition) is 5. The number of rotatable bonds is 5. The highest BCUT2D eigenvalue weighted by atomic mass is 16.2. The first-order valence-corrected chi connectivity index (χ1v) is 10.8. The zero-order chi connectivity index (χ0) is 18.8. The zero-order valence-electron chi connectivity index (χ0n) is 16.8. The van der Waals surface area contributed by atoms with E-state index < -0.39 is 0 Å². The molecule has 4 rings (SSSR count). The highest BCUT2D eigenvalue weighted by Gasteiger charge is 2.34. The monoisotopic (exact) mass is 371 g/mol.